The number of hydrogen-bond acceptors (Lipinski definition) is 4. The van der Waals surface area contributed by atoms with Gasteiger partial charge in [-0.25, -0.2) is 0 Å². The molecule has 3 aromatic rings. The second kappa shape index (κ2) is 7.18. The molecule has 0 aliphatic carbocycles. The molecule has 1 aliphatic rings. The van der Waals surface area contributed by atoms with Crippen LogP contribution in [0.25, 0.3) is 11.3 Å². The lowest BCUT2D eigenvalue weighted by molar-refractivity contribution is 0.0723. The SMILES string of the molecule is C[C@H](O)c1onc(-c2ccc(Cl)cc2)c1C(=O)N1CCc2ccccc2C1. The van der Waals surface area contributed by atoms with E-state index >= 15 is 0 Å². The highest BCUT2D eigenvalue weighted by Gasteiger charge is 2.31. The van der Waals surface area contributed by atoms with Crippen LogP contribution in [0, 0.1) is 0 Å². The molecular weight excluding hydrogens is 364 g/mol. The average Bonchev–Trinajstić information content (AvgIpc) is 3.13. The summed E-state index contributed by atoms with van der Waals surface area (Å²) in [5, 5.41) is 14.8. The fraction of sp³-hybridized carbons (Fsp3) is 0.238. The number of aliphatic hydroxyl groups excluding tert-OH is 1. The standard InChI is InChI=1S/C21H19ClN2O3/c1-13(25)20-18(19(23-27-20)15-6-8-17(22)9-7-15)21(26)24-11-10-14-4-2-3-5-16(14)12-24/h2-9,13,25H,10-12H2,1H3/t13-/m0/s1. The Bertz CT molecular complexity index is 979. The lowest BCUT2D eigenvalue weighted by atomic mass is 9.98. The number of carbonyl (C=O) groups excluding carboxylic acids is 1. The molecule has 1 N–H and O–H groups in total. The van der Waals surface area contributed by atoms with E-state index in [1.54, 1.807) is 36.1 Å². The molecule has 0 fully saturated rings. The van der Waals surface area contributed by atoms with Crippen LogP contribution in [0.2, 0.25) is 5.02 Å². The van der Waals surface area contributed by atoms with Crippen molar-refractivity contribution >= 4 is 17.5 Å². The van der Waals surface area contributed by atoms with Gasteiger partial charge in [0.15, 0.2) is 5.76 Å². The Morgan fingerprint density at radius 2 is 1.89 bits per heavy atom. The number of halogens is 1. The first-order valence-corrected chi connectivity index (χ1v) is 9.22. The Balaban J connectivity index is 1.73. The van der Waals surface area contributed by atoms with Crippen molar-refractivity contribution in [3.8, 4) is 11.3 Å². The number of hydrogen-bond donors (Lipinski definition) is 1. The highest BCUT2D eigenvalue weighted by molar-refractivity contribution is 6.30. The molecule has 2 heterocycles. The Morgan fingerprint density at radius 1 is 1.19 bits per heavy atom. The van der Waals surface area contributed by atoms with Gasteiger partial charge in [0.05, 0.1) is 0 Å². The summed E-state index contributed by atoms with van der Waals surface area (Å²) in [5.74, 6) is -0.00425. The molecule has 6 heteroatoms. The van der Waals surface area contributed by atoms with Crippen molar-refractivity contribution in [2.45, 2.75) is 26.0 Å². The monoisotopic (exact) mass is 382 g/mol. The van der Waals surface area contributed by atoms with E-state index in [1.807, 2.05) is 18.2 Å². The molecule has 27 heavy (non-hydrogen) atoms. The maximum absolute atomic E-state index is 13.3. The number of rotatable bonds is 3. The third kappa shape index (κ3) is 3.36. The highest BCUT2D eigenvalue weighted by atomic mass is 35.5. The predicted molar refractivity (Wildman–Crippen MR) is 102 cm³/mol. The highest BCUT2D eigenvalue weighted by Crippen LogP contribution is 2.32. The van der Waals surface area contributed by atoms with Gasteiger partial charge in [0.1, 0.15) is 17.4 Å². The van der Waals surface area contributed by atoms with E-state index in [9.17, 15) is 9.90 Å². The lowest BCUT2D eigenvalue weighted by Crippen LogP contribution is -2.36. The van der Waals surface area contributed by atoms with Crippen LogP contribution in [0.4, 0.5) is 0 Å². The van der Waals surface area contributed by atoms with Gasteiger partial charge in [-0.05, 0) is 36.6 Å². The third-order valence-electron chi connectivity index (χ3n) is 4.85. The largest absolute Gasteiger partial charge is 0.385 e. The topological polar surface area (TPSA) is 66.6 Å². The zero-order chi connectivity index (χ0) is 19.0. The summed E-state index contributed by atoms with van der Waals surface area (Å²) < 4.78 is 5.34. The Kier molecular flexibility index (Phi) is 4.72. The van der Waals surface area contributed by atoms with Crippen LogP contribution in [0.15, 0.2) is 53.1 Å². The summed E-state index contributed by atoms with van der Waals surface area (Å²) >= 11 is 5.97. The summed E-state index contributed by atoms with van der Waals surface area (Å²) in [5.41, 5.74) is 3.86. The minimum atomic E-state index is -0.936. The van der Waals surface area contributed by atoms with Crippen molar-refractivity contribution in [2.75, 3.05) is 6.54 Å². The van der Waals surface area contributed by atoms with E-state index in [0.29, 0.717) is 29.4 Å². The van der Waals surface area contributed by atoms with Crippen LogP contribution >= 0.6 is 11.6 Å². The van der Waals surface area contributed by atoms with E-state index in [4.69, 9.17) is 16.1 Å². The van der Waals surface area contributed by atoms with E-state index in [2.05, 4.69) is 11.2 Å². The van der Waals surface area contributed by atoms with Crippen molar-refractivity contribution < 1.29 is 14.4 Å². The van der Waals surface area contributed by atoms with Crippen LogP contribution in [0.3, 0.4) is 0 Å². The normalized spacial score (nSPS) is 14.7. The number of benzene rings is 2. The quantitative estimate of drug-likeness (QED) is 0.735. The summed E-state index contributed by atoms with van der Waals surface area (Å²) in [4.78, 5) is 15.1. The number of fused-ring (bicyclic) bond motifs is 1. The smallest absolute Gasteiger partial charge is 0.260 e. The van der Waals surface area contributed by atoms with Gasteiger partial charge in [0.2, 0.25) is 0 Å². The molecule has 1 aliphatic heterocycles. The molecule has 0 bridgehead atoms. The first-order chi connectivity index (χ1) is 13.0. The maximum Gasteiger partial charge on any atom is 0.260 e. The number of nitrogens with zero attached hydrogens (tertiary/aromatic N) is 2. The van der Waals surface area contributed by atoms with Crippen molar-refractivity contribution in [3.63, 3.8) is 0 Å². The van der Waals surface area contributed by atoms with Crippen LogP contribution in [0.5, 0.6) is 0 Å². The molecule has 138 valence electrons. The number of aliphatic hydroxyl groups is 1. The minimum Gasteiger partial charge on any atom is -0.385 e. The van der Waals surface area contributed by atoms with Gasteiger partial charge in [0, 0.05) is 23.7 Å². The number of aromatic nitrogens is 1. The van der Waals surface area contributed by atoms with Crippen molar-refractivity contribution in [1.82, 2.24) is 10.1 Å². The molecule has 5 nitrogen and oxygen atoms in total. The van der Waals surface area contributed by atoms with E-state index in [1.165, 1.54) is 5.56 Å². The Morgan fingerprint density at radius 3 is 2.59 bits per heavy atom. The minimum absolute atomic E-state index is 0.184. The van der Waals surface area contributed by atoms with Gasteiger partial charge in [-0.3, -0.25) is 4.79 Å². The second-order valence-electron chi connectivity index (χ2n) is 6.70. The van der Waals surface area contributed by atoms with Crippen LogP contribution in [-0.4, -0.2) is 27.6 Å². The summed E-state index contributed by atoms with van der Waals surface area (Å²) in [6, 6.07) is 15.2. The van der Waals surface area contributed by atoms with Gasteiger partial charge < -0.3 is 14.5 Å². The van der Waals surface area contributed by atoms with Gasteiger partial charge in [-0.1, -0.05) is 53.2 Å². The third-order valence-corrected chi connectivity index (χ3v) is 5.10. The fourth-order valence-electron chi connectivity index (χ4n) is 3.43. The molecule has 1 amide bonds. The fourth-order valence-corrected chi connectivity index (χ4v) is 3.55. The summed E-state index contributed by atoms with van der Waals surface area (Å²) in [6.07, 6.45) is -0.136. The summed E-state index contributed by atoms with van der Waals surface area (Å²) in [6.45, 7) is 2.70. The maximum atomic E-state index is 13.3. The van der Waals surface area contributed by atoms with E-state index < -0.39 is 6.10 Å². The molecule has 4 rings (SSSR count). The molecule has 0 saturated heterocycles. The van der Waals surface area contributed by atoms with Crippen molar-refractivity contribution in [2.24, 2.45) is 0 Å². The van der Waals surface area contributed by atoms with Crippen molar-refractivity contribution in [1.29, 1.82) is 0 Å². The van der Waals surface area contributed by atoms with Crippen molar-refractivity contribution in [3.05, 3.63) is 76.0 Å². The first-order valence-electron chi connectivity index (χ1n) is 8.84. The molecule has 0 radical (unpaired) electrons. The molecule has 0 unspecified atom stereocenters. The van der Waals surface area contributed by atoms with Gasteiger partial charge >= 0.3 is 0 Å². The van der Waals surface area contributed by atoms with E-state index in [-0.39, 0.29) is 11.7 Å². The lowest BCUT2D eigenvalue weighted by Gasteiger charge is -2.29. The molecule has 1 aromatic heterocycles. The Hall–Kier alpha value is -2.63. The second-order valence-corrected chi connectivity index (χ2v) is 7.14. The zero-order valence-electron chi connectivity index (χ0n) is 14.9. The molecule has 0 spiro atoms. The number of amides is 1. The molecule has 2 aromatic carbocycles. The Labute approximate surface area is 162 Å². The average molecular weight is 383 g/mol. The predicted octanol–water partition coefficient (Wildman–Crippen LogP) is 4.25. The van der Waals surface area contributed by atoms with Gasteiger partial charge in [-0.2, -0.15) is 0 Å². The van der Waals surface area contributed by atoms with Gasteiger partial charge in [0.25, 0.3) is 5.91 Å². The zero-order valence-corrected chi connectivity index (χ0v) is 15.6. The molecular formula is C21H19ClN2O3. The van der Waals surface area contributed by atoms with Crippen LogP contribution < -0.4 is 0 Å². The van der Waals surface area contributed by atoms with Crippen LogP contribution in [-0.2, 0) is 13.0 Å². The summed E-state index contributed by atoms with van der Waals surface area (Å²) in [7, 11) is 0. The first kappa shape index (κ1) is 17.8. The number of carbonyl (C=O) groups is 1. The van der Waals surface area contributed by atoms with Crippen LogP contribution in [0.1, 0.15) is 40.3 Å². The molecule has 0 saturated carbocycles. The van der Waals surface area contributed by atoms with Gasteiger partial charge in [-0.15, -0.1) is 0 Å². The van der Waals surface area contributed by atoms with E-state index in [0.717, 1.165) is 17.5 Å². The molecule has 1 atom stereocenters.